The standard InChI is InChI=1S/C10H12N2O4/c13-7-3-11(4-8-14)1-2-12(5-9-15)6-10-16/h1-6H2. The summed E-state index contributed by atoms with van der Waals surface area (Å²) in [4.78, 5) is 43.6. The lowest BCUT2D eigenvalue weighted by Crippen LogP contribution is -2.38. The highest BCUT2D eigenvalue weighted by Gasteiger charge is 2.09. The second kappa shape index (κ2) is 10.1. The van der Waals surface area contributed by atoms with Gasteiger partial charge < -0.3 is 0 Å². The Morgan fingerprint density at radius 3 is 1.00 bits per heavy atom. The number of nitrogens with zero attached hydrogens (tertiary/aromatic N) is 2. The van der Waals surface area contributed by atoms with Gasteiger partial charge in [-0.25, -0.2) is 0 Å². The summed E-state index contributed by atoms with van der Waals surface area (Å²) in [6, 6.07) is 0. The van der Waals surface area contributed by atoms with Crippen LogP contribution in [0.2, 0.25) is 0 Å². The van der Waals surface area contributed by atoms with Crippen molar-refractivity contribution in [2.75, 3.05) is 39.3 Å². The quantitative estimate of drug-likeness (QED) is 0.405. The molecule has 86 valence electrons. The molecular weight excluding hydrogens is 212 g/mol. The maximum atomic E-state index is 10.2. The first-order valence-corrected chi connectivity index (χ1v) is 4.63. The number of rotatable bonds is 11. The van der Waals surface area contributed by atoms with Gasteiger partial charge in [-0.05, 0) is 0 Å². The SMILES string of the molecule is O=[C]CN(C[C]=O)CCN(C[C]=O)C[C]=O. The van der Waals surface area contributed by atoms with E-state index in [1.165, 1.54) is 9.80 Å². The first kappa shape index (κ1) is 14.6. The molecule has 0 heterocycles. The van der Waals surface area contributed by atoms with E-state index in [0.29, 0.717) is 13.1 Å². The van der Waals surface area contributed by atoms with Crippen LogP contribution in [0.5, 0.6) is 0 Å². The summed E-state index contributed by atoms with van der Waals surface area (Å²) < 4.78 is 0. The van der Waals surface area contributed by atoms with E-state index < -0.39 is 0 Å². The molecule has 6 heteroatoms. The van der Waals surface area contributed by atoms with Crippen molar-refractivity contribution in [3.05, 3.63) is 0 Å². The maximum absolute atomic E-state index is 10.2. The Kier molecular flexibility index (Phi) is 9.24. The summed E-state index contributed by atoms with van der Waals surface area (Å²) in [7, 11) is 0. The van der Waals surface area contributed by atoms with E-state index >= 15 is 0 Å². The molecule has 0 rings (SSSR count). The van der Waals surface area contributed by atoms with Gasteiger partial charge in [-0.1, -0.05) is 0 Å². The van der Waals surface area contributed by atoms with E-state index in [1.54, 1.807) is 25.1 Å². The normalized spacial score (nSPS) is 10.4. The molecule has 16 heavy (non-hydrogen) atoms. The van der Waals surface area contributed by atoms with Crippen LogP contribution in [0.1, 0.15) is 0 Å². The summed E-state index contributed by atoms with van der Waals surface area (Å²) >= 11 is 0. The van der Waals surface area contributed by atoms with Gasteiger partial charge in [0.1, 0.15) is 0 Å². The van der Waals surface area contributed by atoms with Crippen LogP contribution < -0.4 is 0 Å². The highest BCUT2D eigenvalue weighted by molar-refractivity contribution is 5.58. The molecule has 0 aliphatic rings. The van der Waals surface area contributed by atoms with E-state index in [4.69, 9.17) is 0 Å². The summed E-state index contributed by atoms with van der Waals surface area (Å²) in [6.45, 7) is 0.733. The minimum atomic E-state index is -0.00130. The van der Waals surface area contributed by atoms with Gasteiger partial charge in [-0.15, -0.1) is 0 Å². The van der Waals surface area contributed by atoms with Crippen molar-refractivity contribution in [3.8, 4) is 0 Å². The molecule has 0 aliphatic heterocycles. The van der Waals surface area contributed by atoms with Gasteiger partial charge >= 0.3 is 0 Å². The van der Waals surface area contributed by atoms with E-state index in [9.17, 15) is 19.2 Å². The second-order valence-electron chi connectivity index (χ2n) is 3.00. The predicted molar refractivity (Wildman–Crippen MR) is 55.7 cm³/mol. The van der Waals surface area contributed by atoms with E-state index in [2.05, 4.69) is 0 Å². The molecule has 6 nitrogen and oxygen atoms in total. The predicted octanol–water partition coefficient (Wildman–Crippen LogP) is -1.97. The lowest BCUT2D eigenvalue weighted by atomic mass is 10.4. The lowest BCUT2D eigenvalue weighted by molar-refractivity contribution is 0.264. The number of hydrogen-bond donors (Lipinski definition) is 0. The molecule has 0 bridgehead atoms. The zero-order valence-corrected chi connectivity index (χ0v) is 8.77. The molecule has 0 amide bonds. The van der Waals surface area contributed by atoms with Gasteiger partial charge in [-0.2, -0.15) is 0 Å². The average Bonchev–Trinajstić information content (AvgIpc) is 2.27. The Morgan fingerprint density at radius 2 is 0.812 bits per heavy atom. The van der Waals surface area contributed by atoms with Crippen molar-refractivity contribution < 1.29 is 19.2 Å². The minimum absolute atomic E-state index is 0.00130. The fourth-order valence-corrected chi connectivity index (χ4v) is 1.08. The molecule has 0 aliphatic carbocycles. The highest BCUT2D eigenvalue weighted by Crippen LogP contribution is 1.89. The van der Waals surface area contributed by atoms with Gasteiger partial charge in [0, 0.05) is 13.1 Å². The van der Waals surface area contributed by atoms with Crippen molar-refractivity contribution >= 4 is 25.1 Å². The Hall–Kier alpha value is -1.40. The highest BCUT2D eigenvalue weighted by atomic mass is 16.1. The summed E-state index contributed by atoms with van der Waals surface area (Å²) in [5.74, 6) is 0. The van der Waals surface area contributed by atoms with Gasteiger partial charge in [0.05, 0.1) is 26.2 Å². The molecule has 0 saturated heterocycles. The van der Waals surface area contributed by atoms with Crippen LogP contribution in [-0.2, 0) is 19.2 Å². The maximum Gasteiger partial charge on any atom is 0.213 e. The molecule has 0 aromatic rings. The van der Waals surface area contributed by atoms with Crippen molar-refractivity contribution in [1.82, 2.24) is 9.80 Å². The van der Waals surface area contributed by atoms with Gasteiger partial charge in [0.25, 0.3) is 0 Å². The molecule has 0 fully saturated rings. The summed E-state index contributed by atoms with van der Waals surface area (Å²) in [5, 5.41) is 0. The molecule has 0 aromatic carbocycles. The Balaban J connectivity index is 4.00. The molecule has 0 unspecified atom stereocenters. The third-order valence-corrected chi connectivity index (χ3v) is 1.89. The van der Waals surface area contributed by atoms with Gasteiger partial charge in [0.15, 0.2) is 0 Å². The van der Waals surface area contributed by atoms with Crippen molar-refractivity contribution in [1.29, 1.82) is 0 Å². The van der Waals surface area contributed by atoms with Crippen molar-refractivity contribution in [3.63, 3.8) is 0 Å². The minimum Gasteiger partial charge on any atom is -0.289 e. The Bertz CT molecular complexity index is 189. The van der Waals surface area contributed by atoms with Crippen LogP contribution >= 0.6 is 0 Å². The van der Waals surface area contributed by atoms with E-state index in [-0.39, 0.29) is 26.2 Å². The topological polar surface area (TPSA) is 74.8 Å². The number of carbonyl (C=O) groups excluding carboxylic acids is 4. The molecule has 0 atom stereocenters. The van der Waals surface area contributed by atoms with Crippen LogP contribution in [0.3, 0.4) is 0 Å². The molecular formula is C10H12N2O4. The first-order valence-electron chi connectivity index (χ1n) is 4.63. The van der Waals surface area contributed by atoms with Crippen LogP contribution in [0.25, 0.3) is 0 Å². The summed E-state index contributed by atoms with van der Waals surface area (Å²) in [6.07, 6.45) is 6.66. The van der Waals surface area contributed by atoms with Gasteiger partial charge in [0.2, 0.25) is 25.1 Å². The van der Waals surface area contributed by atoms with Crippen molar-refractivity contribution in [2.24, 2.45) is 0 Å². The summed E-state index contributed by atoms with van der Waals surface area (Å²) in [5.41, 5.74) is 0. The fourth-order valence-electron chi connectivity index (χ4n) is 1.08. The molecule has 4 radical (unpaired) electrons. The zero-order chi connectivity index (χ0) is 12.2. The van der Waals surface area contributed by atoms with Crippen LogP contribution in [0.15, 0.2) is 0 Å². The Labute approximate surface area is 94.2 Å². The van der Waals surface area contributed by atoms with Crippen LogP contribution in [0.4, 0.5) is 0 Å². The van der Waals surface area contributed by atoms with E-state index in [1.807, 2.05) is 0 Å². The molecule has 0 N–H and O–H groups in total. The zero-order valence-electron chi connectivity index (χ0n) is 8.77. The monoisotopic (exact) mass is 224 g/mol. The largest absolute Gasteiger partial charge is 0.289 e. The third-order valence-electron chi connectivity index (χ3n) is 1.89. The number of hydrogen-bond acceptors (Lipinski definition) is 6. The fraction of sp³-hybridized carbons (Fsp3) is 0.600. The van der Waals surface area contributed by atoms with Gasteiger partial charge in [-0.3, -0.25) is 29.0 Å². The Morgan fingerprint density at radius 1 is 0.562 bits per heavy atom. The molecule has 0 spiro atoms. The average molecular weight is 224 g/mol. The third kappa shape index (κ3) is 6.97. The molecule has 0 saturated carbocycles. The van der Waals surface area contributed by atoms with Crippen molar-refractivity contribution in [2.45, 2.75) is 0 Å². The van der Waals surface area contributed by atoms with E-state index in [0.717, 1.165) is 0 Å². The second-order valence-corrected chi connectivity index (χ2v) is 3.00. The van der Waals surface area contributed by atoms with Crippen LogP contribution in [0, 0.1) is 0 Å². The first-order chi connectivity index (χ1) is 7.78. The lowest BCUT2D eigenvalue weighted by Gasteiger charge is -2.21. The van der Waals surface area contributed by atoms with Crippen LogP contribution in [-0.4, -0.2) is 74.2 Å². The molecule has 0 aromatic heterocycles. The smallest absolute Gasteiger partial charge is 0.213 e.